The van der Waals surface area contributed by atoms with Crippen LogP contribution in [0, 0.1) is 5.82 Å². The third kappa shape index (κ3) is 4.75. The molecule has 0 spiro atoms. The second-order valence-electron chi connectivity index (χ2n) is 6.09. The summed E-state index contributed by atoms with van der Waals surface area (Å²) in [5.74, 6) is -0.703. The molecule has 6 heteroatoms. The Bertz CT molecular complexity index is 903. The standard InChI is InChI=1S/C20H19FN2O3/c21-17-9-7-15(8-10-17)19(24)3-1-2-4-20(25)26-13-14-5-6-16-12-22-23-18(16)11-14/h5-12H,1-4,13H2,(H,22,23). The highest BCUT2D eigenvalue weighted by molar-refractivity contribution is 5.95. The maximum Gasteiger partial charge on any atom is 0.306 e. The Hall–Kier alpha value is -3.02. The topological polar surface area (TPSA) is 72.1 Å². The third-order valence-corrected chi connectivity index (χ3v) is 4.11. The van der Waals surface area contributed by atoms with Crippen LogP contribution in [-0.2, 0) is 16.1 Å². The predicted molar refractivity (Wildman–Crippen MR) is 95.1 cm³/mol. The summed E-state index contributed by atoms with van der Waals surface area (Å²) in [6.07, 6.45) is 3.49. The van der Waals surface area contributed by atoms with Crippen molar-refractivity contribution in [1.82, 2.24) is 10.2 Å². The van der Waals surface area contributed by atoms with Gasteiger partial charge in [0, 0.05) is 23.8 Å². The number of halogens is 1. The molecule has 26 heavy (non-hydrogen) atoms. The van der Waals surface area contributed by atoms with Gasteiger partial charge in [-0.25, -0.2) is 4.39 Å². The van der Waals surface area contributed by atoms with Gasteiger partial charge in [-0.3, -0.25) is 14.7 Å². The zero-order valence-corrected chi connectivity index (χ0v) is 14.2. The first-order valence-electron chi connectivity index (χ1n) is 8.48. The molecule has 1 heterocycles. The lowest BCUT2D eigenvalue weighted by molar-refractivity contribution is -0.145. The number of esters is 1. The summed E-state index contributed by atoms with van der Waals surface area (Å²) in [7, 11) is 0. The quantitative estimate of drug-likeness (QED) is 0.374. The molecule has 134 valence electrons. The van der Waals surface area contributed by atoms with Crippen molar-refractivity contribution < 1.29 is 18.7 Å². The Kier molecular flexibility index (Phi) is 5.73. The lowest BCUT2D eigenvalue weighted by Gasteiger charge is -2.05. The van der Waals surface area contributed by atoms with Gasteiger partial charge in [0.15, 0.2) is 5.78 Å². The van der Waals surface area contributed by atoms with Gasteiger partial charge in [0.2, 0.25) is 0 Å². The number of aromatic amines is 1. The van der Waals surface area contributed by atoms with Gasteiger partial charge in [0.05, 0.1) is 11.7 Å². The fourth-order valence-corrected chi connectivity index (χ4v) is 2.64. The number of aromatic nitrogens is 2. The zero-order chi connectivity index (χ0) is 18.4. The monoisotopic (exact) mass is 354 g/mol. The average molecular weight is 354 g/mol. The summed E-state index contributed by atoms with van der Waals surface area (Å²) in [4.78, 5) is 23.8. The Morgan fingerprint density at radius 1 is 1.04 bits per heavy atom. The maximum absolute atomic E-state index is 12.8. The van der Waals surface area contributed by atoms with Gasteiger partial charge in [-0.05, 0) is 48.7 Å². The van der Waals surface area contributed by atoms with Crippen molar-refractivity contribution in [2.75, 3.05) is 0 Å². The van der Waals surface area contributed by atoms with Crippen molar-refractivity contribution in [2.45, 2.75) is 32.3 Å². The third-order valence-electron chi connectivity index (χ3n) is 4.11. The molecule has 0 atom stereocenters. The molecule has 2 aromatic carbocycles. The van der Waals surface area contributed by atoms with E-state index in [2.05, 4.69) is 10.2 Å². The van der Waals surface area contributed by atoms with Crippen LogP contribution < -0.4 is 0 Å². The normalized spacial score (nSPS) is 10.8. The summed E-state index contributed by atoms with van der Waals surface area (Å²) < 4.78 is 18.1. The molecule has 0 saturated carbocycles. The van der Waals surface area contributed by atoms with Crippen molar-refractivity contribution in [3.8, 4) is 0 Å². The highest BCUT2D eigenvalue weighted by Crippen LogP contribution is 2.14. The molecule has 0 aliphatic carbocycles. The van der Waals surface area contributed by atoms with Crippen LogP contribution in [0.4, 0.5) is 4.39 Å². The fourth-order valence-electron chi connectivity index (χ4n) is 2.64. The average Bonchev–Trinajstić information content (AvgIpc) is 3.11. The molecule has 0 fully saturated rings. The number of unbranched alkanes of at least 4 members (excludes halogenated alkanes) is 1. The van der Waals surface area contributed by atoms with E-state index in [1.54, 1.807) is 6.20 Å². The molecule has 0 amide bonds. The minimum Gasteiger partial charge on any atom is -0.461 e. The van der Waals surface area contributed by atoms with Crippen LogP contribution in [0.15, 0.2) is 48.7 Å². The summed E-state index contributed by atoms with van der Waals surface area (Å²) in [6.45, 7) is 0.211. The van der Waals surface area contributed by atoms with Crippen molar-refractivity contribution in [2.24, 2.45) is 0 Å². The van der Waals surface area contributed by atoms with E-state index in [4.69, 9.17) is 4.74 Å². The minimum absolute atomic E-state index is 0.0498. The molecule has 5 nitrogen and oxygen atoms in total. The van der Waals surface area contributed by atoms with Gasteiger partial charge < -0.3 is 4.74 Å². The maximum atomic E-state index is 12.8. The van der Waals surface area contributed by atoms with Crippen molar-refractivity contribution >= 4 is 22.7 Å². The van der Waals surface area contributed by atoms with E-state index in [0.29, 0.717) is 24.8 Å². The number of rotatable bonds is 8. The second kappa shape index (κ2) is 8.38. The number of benzene rings is 2. The molecule has 0 bridgehead atoms. The van der Waals surface area contributed by atoms with Crippen LogP contribution in [0.2, 0.25) is 0 Å². The number of hydrogen-bond donors (Lipinski definition) is 1. The van der Waals surface area contributed by atoms with E-state index in [0.717, 1.165) is 16.5 Å². The lowest BCUT2D eigenvalue weighted by atomic mass is 10.0. The van der Waals surface area contributed by atoms with Gasteiger partial charge in [-0.15, -0.1) is 0 Å². The summed E-state index contributed by atoms with van der Waals surface area (Å²) in [5, 5.41) is 7.83. The van der Waals surface area contributed by atoms with Gasteiger partial charge in [-0.2, -0.15) is 5.10 Å². The van der Waals surface area contributed by atoms with Crippen LogP contribution in [0.1, 0.15) is 41.6 Å². The predicted octanol–water partition coefficient (Wildman–Crippen LogP) is 4.19. The summed E-state index contributed by atoms with van der Waals surface area (Å²) in [5.41, 5.74) is 2.28. The number of H-pyrrole nitrogens is 1. The van der Waals surface area contributed by atoms with Crippen LogP contribution in [0.3, 0.4) is 0 Å². The molecule has 1 aromatic heterocycles. The zero-order valence-electron chi connectivity index (χ0n) is 14.2. The molecular weight excluding hydrogens is 335 g/mol. The van der Waals surface area contributed by atoms with Gasteiger partial charge >= 0.3 is 5.97 Å². The first-order valence-corrected chi connectivity index (χ1v) is 8.48. The molecule has 0 aliphatic heterocycles. The van der Waals surface area contributed by atoms with Crippen LogP contribution in [0.25, 0.3) is 10.9 Å². The van der Waals surface area contributed by atoms with Gasteiger partial charge in [0.25, 0.3) is 0 Å². The number of fused-ring (bicyclic) bond motifs is 1. The van der Waals surface area contributed by atoms with E-state index >= 15 is 0 Å². The van der Waals surface area contributed by atoms with E-state index < -0.39 is 0 Å². The summed E-state index contributed by atoms with van der Waals surface area (Å²) >= 11 is 0. The number of Topliss-reactive ketones (excluding diaryl/α,β-unsaturated/α-hetero) is 1. The number of carbonyl (C=O) groups is 2. The number of hydrogen-bond acceptors (Lipinski definition) is 4. The summed E-state index contributed by atoms with van der Waals surface area (Å²) in [6, 6.07) is 11.2. The van der Waals surface area contributed by atoms with E-state index in [1.165, 1.54) is 24.3 Å². The lowest BCUT2D eigenvalue weighted by Crippen LogP contribution is -2.05. The SMILES string of the molecule is O=C(CCCCC(=O)c1ccc(F)cc1)OCc1ccc2cn[nH]c2c1. The molecule has 1 N–H and O–H groups in total. The van der Waals surface area contributed by atoms with Crippen molar-refractivity contribution in [1.29, 1.82) is 0 Å². The van der Waals surface area contributed by atoms with Gasteiger partial charge in [-0.1, -0.05) is 12.1 Å². The highest BCUT2D eigenvalue weighted by Gasteiger charge is 2.08. The molecule has 0 aliphatic rings. The van der Waals surface area contributed by atoms with Crippen molar-refractivity contribution in [3.05, 3.63) is 65.6 Å². The number of nitrogens with zero attached hydrogens (tertiary/aromatic N) is 1. The molecule has 0 unspecified atom stereocenters. The Balaban J connectivity index is 1.36. The minimum atomic E-state index is -0.365. The molecule has 3 rings (SSSR count). The van der Waals surface area contributed by atoms with Crippen LogP contribution >= 0.6 is 0 Å². The second-order valence-corrected chi connectivity index (χ2v) is 6.09. The largest absolute Gasteiger partial charge is 0.461 e. The Morgan fingerprint density at radius 2 is 1.81 bits per heavy atom. The molecule has 0 radical (unpaired) electrons. The van der Waals surface area contributed by atoms with E-state index in [1.807, 2.05) is 18.2 Å². The molecular formula is C20H19FN2O3. The van der Waals surface area contributed by atoms with Crippen LogP contribution in [0.5, 0.6) is 0 Å². The number of carbonyl (C=O) groups excluding carboxylic acids is 2. The van der Waals surface area contributed by atoms with Crippen molar-refractivity contribution in [3.63, 3.8) is 0 Å². The van der Waals surface area contributed by atoms with Gasteiger partial charge in [0.1, 0.15) is 12.4 Å². The smallest absolute Gasteiger partial charge is 0.306 e. The number of ether oxygens (including phenoxy) is 1. The first-order chi connectivity index (χ1) is 12.6. The molecule has 0 saturated heterocycles. The molecule has 3 aromatic rings. The number of nitrogens with one attached hydrogen (secondary N) is 1. The first kappa shape index (κ1) is 17.8. The van der Waals surface area contributed by atoms with E-state index in [9.17, 15) is 14.0 Å². The highest BCUT2D eigenvalue weighted by atomic mass is 19.1. The van der Waals surface area contributed by atoms with E-state index in [-0.39, 0.29) is 30.6 Å². The Labute approximate surface area is 150 Å². The Morgan fingerprint density at radius 3 is 2.62 bits per heavy atom. The number of ketones is 1. The fraction of sp³-hybridized carbons (Fsp3) is 0.250. The van der Waals surface area contributed by atoms with Crippen LogP contribution in [-0.4, -0.2) is 21.9 Å².